The first-order valence-electron chi connectivity index (χ1n) is 5.85. The maximum atomic E-state index is 10.6. The lowest BCUT2D eigenvalue weighted by Gasteiger charge is -2.07. The van der Waals surface area contributed by atoms with Crippen molar-refractivity contribution >= 4 is 12.0 Å². The average molecular weight is 275 g/mol. The second-order valence-corrected chi connectivity index (χ2v) is 4.03. The van der Waals surface area contributed by atoms with Gasteiger partial charge in [-0.05, 0) is 25.1 Å². The number of carboxylic acid groups (broad SMARTS) is 1. The minimum absolute atomic E-state index is 0.121. The van der Waals surface area contributed by atoms with E-state index in [2.05, 4.69) is 15.1 Å². The Morgan fingerprint density at radius 1 is 1.40 bits per heavy atom. The first-order valence-corrected chi connectivity index (χ1v) is 5.85. The molecular weight excluding hydrogens is 262 g/mol. The highest BCUT2D eigenvalue weighted by Crippen LogP contribution is 2.19. The van der Waals surface area contributed by atoms with Gasteiger partial charge in [-0.1, -0.05) is 5.16 Å². The molecule has 0 unspecified atom stereocenters. The summed E-state index contributed by atoms with van der Waals surface area (Å²) in [6, 6.07) is 3.49. The van der Waals surface area contributed by atoms with Crippen LogP contribution < -0.4 is 4.74 Å². The van der Waals surface area contributed by atoms with E-state index in [1.54, 1.807) is 19.1 Å². The highest BCUT2D eigenvalue weighted by atomic mass is 16.5. The molecule has 2 aromatic rings. The predicted octanol–water partition coefficient (Wildman–Crippen LogP) is 1.76. The van der Waals surface area contributed by atoms with Crippen LogP contribution in [-0.2, 0) is 11.4 Å². The van der Waals surface area contributed by atoms with Gasteiger partial charge in [-0.2, -0.15) is 4.98 Å². The van der Waals surface area contributed by atoms with Crippen LogP contribution in [0.25, 0.3) is 6.08 Å². The Balaban J connectivity index is 2.15. The van der Waals surface area contributed by atoms with Crippen LogP contribution in [0.1, 0.15) is 23.1 Å². The van der Waals surface area contributed by atoms with Gasteiger partial charge in [-0.15, -0.1) is 0 Å². The fraction of sp³-hybridized carbons (Fsp3) is 0.231. The monoisotopic (exact) mass is 275 g/mol. The quantitative estimate of drug-likeness (QED) is 0.830. The molecule has 0 amide bonds. The van der Waals surface area contributed by atoms with Gasteiger partial charge >= 0.3 is 5.97 Å². The van der Waals surface area contributed by atoms with Crippen molar-refractivity contribution in [3.63, 3.8) is 0 Å². The van der Waals surface area contributed by atoms with Crippen molar-refractivity contribution in [3.05, 3.63) is 41.3 Å². The molecule has 0 saturated carbocycles. The Morgan fingerprint density at radius 2 is 2.20 bits per heavy atom. The zero-order valence-electron chi connectivity index (χ0n) is 11.0. The molecule has 0 spiro atoms. The third-order valence-electron chi connectivity index (χ3n) is 2.34. The molecule has 2 aromatic heterocycles. The molecule has 0 aliphatic heterocycles. The standard InChI is InChI=1S/C13H13N3O4/c1-8-3-5-11(10(14-8)4-6-13(17)18)19-7-12-15-9(2)20-16-12/h3-6H,7H2,1-2H3,(H,17,18). The van der Waals surface area contributed by atoms with Gasteiger partial charge in [0.15, 0.2) is 6.61 Å². The van der Waals surface area contributed by atoms with Crippen LogP contribution in [0, 0.1) is 13.8 Å². The summed E-state index contributed by atoms with van der Waals surface area (Å²) in [6.45, 7) is 3.62. The maximum Gasteiger partial charge on any atom is 0.328 e. The van der Waals surface area contributed by atoms with Crippen molar-refractivity contribution in [1.29, 1.82) is 0 Å². The molecule has 7 heteroatoms. The number of aromatic nitrogens is 3. The van der Waals surface area contributed by atoms with Crippen molar-refractivity contribution in [3.8, 4) is 5.75 Å². The molecule has 0 aliphatic carbocycles. The van der Waals surface area contributed by atoms with Crippen molar-refractivity contribution < 1.29 is 19.2 Å². The molecule has 0 atom stereocenters. The number of hydrogen-bond acceptors (Lipinski definition) is 6. The summed E-state index contributed by atoms with van der Waals surface area (Å²) < 4.78 is 10.4. The lowest BCUT2D eigenvalue weighted by molar-refractivity contribution is -0.131. The molecule has 20 heavy (non-hydrogen) atoms. The van der Waals surface area contributed by atoms with Gasteiger partial charge in [-0.25, -0.2) is 9.78 Å². The van der Waals surface area contributed by atoms with Crippen LogP contribution in [-0.4, -0.2) is 26.2 Å². The minimum Gasteiger partial charge on any atom is -0.483 e. The highest BCUT2D eigenvalue weighted by Gasteiger charge is 2.07. The predicted molar refractivity (Wildman–Crippen MR) is 69.0 cm³/mol. The number of aryl methyl sites for hydroxylation is 2. The van der Waals surface area contributed by atoms with Crippen LogP contribution in [0.5, 0.6) is 5.75 Å². The third kappa shape index (κ3) is 3.64. The number of hydrogen-bond donors (Lipinski definition) is 1. The first kappa shape index (κ1) is 13.7. The van der Waals surface area contributed by atoms with Gasteiger partial charge in [0.2, 0.25) is 11.7 Å². The van der Waals surface area contributed by atoms with Crippen LogP contribution in [0.15, 0.2) is 22.7 Å². The number of aliphatic carboxylic acids is 1. The van der Waals surface area contributed by atoms with E-state index < -0.39 is 5.97 Å². The van der Waals surface area contributed by atoms with Crippen LogP contribution in [0.2, 0.25) is 0 Å². The van der Waals surface area contributed by atoms with E-state index in [9.17, 15) is 4.79 Å². The largest absolute Gasteiger partial charge is 0.483 e. The number of rotatable bonds is 5. The third-order valence-corrected chi connectivity index (χ3v) is 2.34. The molecule has 7 nitrogen and oxygen atoms in total. The van der Waals surface area contributed by atoms with Crippen molar-refractivity contribution in [1.82, 2.24) is 15.1 Å². The van der Waals surface area contributed by atoms with E-state index in [4.69, 9.17) is 14.4 Å². The number of pyridine rings is 1. The van der Waals surface area contributed by atoms with Crippen LogP contribution in [0.3, 0.4) is 0 Å². The zero-order chi connectivity index (χ0) is 14.5. The summed E-state index contributed by atoms with van der Waals surface area (Å²) in [4.78, 5) is 18.8. The number of carboxylic acids is 1. The van der Waals surface area contributed by atoms with E-state index in [0.29, 0.717) is 23.2 Å². The van der Waals surface area contributed by atoms with E-state index in [-0.39, 0.29) is 6.61 Å². The normalized spacial score (nSPS) is 10.9. The number of ether oxygens (including phenoxy) is 1. The van der Waals surface area contributed by atoms with Crippen LogP contribution >= 0.6 is 0 Å². The molecule has 0 bridgehead atoms. The number of carbonyl (C=O) groups is 1. The van der Waals surface area contributed by atoms with Gasteiger partial charge in [-0.3, -0.25) is 0 Å². The van der Waals surface area contributed by atoms with Gasteiger partial charge in [0.25, 0.3) is 0 Å². The van der Waals surface area contributed by atoms with Gasteiger partial charge in [0, 0.05) is 18.7 Å². The van der Waals surface area contributed by atoms with E-state index in [1.165, 1.54) is 6.08 Å². The van der Waals surface area contributed by atoms with Crippen molar-refractivity contribution in [2.45, 2.75) is 20.5 Å². The Labute approximate surface area is 114 Å². The summed E-state index contributed by atoms with van der Waals surface area (Å²) in [7, 11) is 0. The lowest BCUT2D eigenvalue weighted by Crippen LogP contribution is -2.01. The summed E-state index contributed by atoms with van der Waals surface area (Å²) in [5.74, 6) is 0.275. The lowest BCUT2D eigenvalue weighted by atomic mass is 10.2. The second kappa shape index (κ2) is 5.96. The Morgan fingerprint density at radius 3 is 2.85 bits per heavy atom. The zero-order valence-corrected chi connectivity index (χ0v) is 11.0. The topological polar surface area (TPSA) is 98.3 Å². The SMILES string of the molecule is Cc1ccc(OCc2noc(C)n2)c(C=CC(=O)O)n1. The molecule has 0 aliphatic rings. The Bertz CT molecular complexity index is 649. The van der Waals surface area contributed by atoms with Crippen LogP contribution in [0.4, 0.5) is 0 Å². The van der Waals surface area contributed by atoms with Gasteiger partial charge in [0.1, 0.15) is 11.4 Å². The molecule has 0 radical (unpaired) electrons. The molecule has 0 aromatic carbocycles. The Kier molecular flexibility index (Phi) is 4.09. The van der Waals surface area contributed by atoms with Gasteiger partial charge in [0.05, 0.1) is 0 Å². The van der Waals surface area contributed by atoms with E-state index in [1.807, 2.05) is 6.92 Å². The second-order valence-electron chi connectivity index (χ2n) is 4.03. The van der Waals surface area contributed by atoms with Crippen molar-refractivity contribution in [2.75, 3.05) is 0 Å². The summed E-state index contributed by atoms with van der Waals surface area (Å²) >= 11 is 0. The highest BCUT2D eigenvalue weighted by molar-refractivity contribution is 5.85. The van der Waals surface area contributed by atoms with E-state index in [0.717, 1.165) is 11.8 Å². The first-order chi connectivity index (χ1) is 9.54. The smallest absolute Gasteiger partial charge is 0.328 e. The van der Waals surface area contributed by atoms with E-state index >= 15 is 0 Å². The molecule has 1 N–H and O–H groups in total. The summed E-state index contributed by atoms with van der Waals surface area (Å²) in [5, 5.41) is 12.4. The summed E-state index contributed by atoms with van der Waals surface area (Å²) in [5.41, 5.74) is 1.20. The summed E-state index contributed by atoms with van der Waals surface area (Å²) in [6.07, 6.45) is 2.39. The molecular formula is C13H13N3O4. The van der Waals surface area contributed by atoms with Crippen molar-refractivity contribution in [2.24, 2.45) is 0 Å². The minimum atomic E-state index is -1.05. The number of nitrogens with zero attached hydrogens (tertiary/aromatic N) is 3. The molecule has 0 fully saturated rings. The fourth-order valence-electron chi connectivity index (χ4n) is 1.50. The average Bonchev–Trinajstić information content (AvgIpc) is 2.81. The van der Waals surface area contributed by atoms with Gasteiger partial charge < -0.3 is 14.4 Å². The Hall–Kier alpha value is -2.70. The molecule has 0 saturated heterocycles. The fourth-order valence-corrected chi connectivity index (χ4v) is 1.50. The maximum absolute atomic E-state index is 10.6. The molecule has 104 valence electrons. The molecule has 2 rings (SSSR count). The molecule has 2 heterocycles.